The van der Waals surface area contributed by atoms with Crippen LogP contribution in [0.25, 0.3) is 0 Å². The summed E-state index contributed by atoms with van der Waals surface area (Å²) < 4.78 is 27.2. The molecule has 8 heteroatoms. The average Bonchev–Trinajstić information content (AvgIpc) is 2.46. The molecule has 0 radical (unpaired) electrons. The van der Waals surface area contributed by atoms with Crippen molar-refractivity contribution in [1.82, 2.24) is 9.62 Å². The topological polar surface area (TPSA) is 92.6 Å². The van der Waals surface area contributed by atoms with Crippen molar-refractivity contribution < 1.29 is 13.3 Å². The van der Waals surface area contributed by atoms with Crippen molar-refractivity contribution in [3.63, 3.8) is 0 Å². The molecule has 0 amide bonds. The minimum atomic E-state index is -3.67. The third-order valence-electron chi connectivity index (χ3n) is 3.85. The highest BCUT2D eigenvalue weighted by Crippen LogP contribution is 2.30. The predicted molar refractivity (Wildman–Crippen MR) is 83.1 cm³/mol. The predicted octanol–water partition coefficient (Wildman–Crippen LogP) is 1.60. The summed E-state index contributed by atoms with van der Waals surface area (Å²) in [6.45, 7) is 7.59. The van der Waals surface area contributed by atoms with Gasteiger partial charge < -0.3 is 5.32 Å². The molecular formula is C14H21N3O4S. The Kier molecular flexibility index (Phi) is 4.55. The highest BCUT2D eigenvalue weighted by molar-refractivity contribution is 7.89. The lowest BCUT2D eigenvalue weighted by molar-refractivity contribution is -0.384. The maximum Gasteiger partial charge on any atom is 0.269 e. The van der Waals surface area contributed by atoms with Crippen LogP contribution in [0.2, 0.25) is 0 Å². The van der Waals surface area contributed by atoms with Gasteiger partial charge in [-0.2, -0.15) is 4.31 Å². The maximum absolute atomic E-state index is 12.9. The van der Waals surface area contributed by atoms with Gasteiger partial charge in [0.15, 0.2) is 0 Å². The van der Waals surface area contributed by atoms with Crippen LogP contribution in [0.1, 0.15) is 20.8 Å². The number of rotatable bonds is 3. The molecule has 1 aromatic rings. The molecule has 0 spiro atoms. The van der Waals surface area contributed by atoms with Gasteiger partial charge in [0, 0.05) is 37.8 Å². The first-order valence-electron chi connectivity index (χ1n) is 7.11. The van der Waals surface area contributed by atoms with E-state index in [-0.39, 0.29) is 22.0 Å². The van der Waals surface area contributed by atoms with E-state index in [0.717, 1.165) is 0 Å². The summed E-state index contributed by atoms with van der Waals surface area (Å²) in [6.07, 6.45) is 0. The summed E-state index contributed by atoms with van der Waals surface area (Å²) in [5, 5.41) is 13.9. The second kappa shape index (κ2) is 5.94. The van der Waals surface area contributed by atoms with Crippen molar-refractivity contribution in [2.45, 2.75) is 31.7 Å². The molecule has 0 saturated carbocycles. The number of non-ortho nitro benzene ring substituents is 1. The van der Waals surface area contributed by atoms with E-state index in [1.54, 1.807) is 0 Å². The van der Waals surface area contributed by atoms with Crippen molar-refractivity contribution in [2.75, 3.05) is 19.6 Å². The quantitative estimate of drug-likeness (QED) is 0.672. The Bertz CT molecular complexity index is 650. The summed E-state index contributed by atoms with van der Waals surface area (Å²) in [5.74, 6) is 0. The molecule has 0 unspecified atom stereocenters. The lowest BCUT2D eigenvalue weighted by Crippen LogP contribution is -2.58. The fraction of sp³-hybridized carbons (Fsp3) is 0.571. The number of hydrogen-bond donors (Lipinski definition) is 1. The van der Waals surface area contributed by atoms with Crippen molar-refractivity contribution >= 4 is 15.7 Å². The molecule has 0 aromatic heterocycles. The van der Waals surface area contributed by atoms with Gasteiger partial charge in [0.05, 0.1) is 9.82 Å². The van der Waals surface area contributed by atoms with Crippen LogP contribution in [-0.4, -0.2) is 43.3 Å². The standard InChI is InChI=1S/C14H21N3O4S/c1-14(2,3)13-10-15-8-9-16(13)22(20,21)12-6-4-11(5-7-12)17(18)19/h4-7,13,15H,8-10H2,1-3H3/t13-/m0/s1. The van der Waals surface area contributed by atoms with Crippen LogP contribution in [0.4, 0.5) is 5.69 Å². The van der Waals surface area contributed by atoms with Crippen molar-refractivity contribution in [3.8, 4) is 0 Å². The number of benzene rings is 1. The molecule has 1 aromatic carbocycles. The smallest absolute Gasteiger partial charge is 0.269 e. The van der Waals surface area contributed by atoms with Crippen molar-refractivity contribution in [3.05, 3.63) is 34.4 Å². The highest BCUT2D eigenvalue weighted by Gasteiger charge is 2.39. The minimum Gasteiger partial charge on any atom is -0.314 e. The number of piperazine rings is 1. The number of sulfonamides is 1. The molecule has 7 nitrogen and oxygen atoms in total. The minimum absolute atomic E-state index is 0.0919. The third kappa shape index (κ3) is 3.29. The summed E-state index contributed by atoms with van der Waals surface area (Å²) in [7, 11) is -3.67. The first kappa shape index (κ1) is 16.9. The molecule has 0 bridgehead atoms. The van der Waals surface area contributed by atoms with E-state index in [2.05, 4.69) is 5.32 Å². The first-order chi connectivity index (χ1) is 10.1. The number of nitro groups is 1. The zero-order chi connectivity index (χ0) is 16.5. The Morgan fingerprint density at radius 2 is 1.86 bits per heavy atom. The number of hydrogen-bond acceptors (Lipinski definition) is 5. The van der Waals surface area contributed by atoms with Gasteiger partial charge in [0.2, 0.25) is 10.0 Å². The molecular weight excluding hydrogens is 306 g/mol. The normalized spacial score (nSPS) is 20.8. The Morgan fingerprint density at radius 1 is 1.27 bits per heavy atom. The SMILES string of the molecule is CC(C)(C)[C@@H]1CNCCN1S(=O)(=O)c1ccc([N+](=O)[O-])cc1. The van der Waals surface area contributed by atoms with E-state index < -0.39 is 14.9 Å². The zero-order valence-electron chi connectivity index (χ0n) is 12.9. The van der Waals surface area contributed by atoms with E-state index in [4.69, 9.17) is 0 Å². The van der Waals surface area contributed by atoms with E-state index in [1.165, 1.54) is 28.6 Å². The fourth-order valence-electron chi connectivity index (χ4n) is 2.59. The van der Waals surface area contributed by atoms with Gasteiger partial charge in [0.1, 0.15) is 0 Å². The van der Waals surface area contributed by atoms with Gasteiger partial charge in [-0.1, -0.05) is 20.8 Å². The van der Waals surface area contributed by atoms with Gasteiger partial charge in [-0.3, -0.25) is 10.1 Å². The fourth-order valence-corrected chi connectivity index (χ4v) is 4.39. The van der Waals surface area contributed by atoms with Crippen LogP contribution in [0.5, 0.6) is 0 Å². The average molecular weight is 327 g/mol. The van der Waals surface area contributed by atoms with Crippen LogP contribution in [-0.2, 0) is 10.0 Å². The van der Waals surface area contributed by atoms with Gasteiger partial charge in [-0.05, 0) is 17.5 Å². The summed E-state index contributed by atoms with van der Waals surface area (Å²) >= 11 is 0. The Morgan fingerprint density at radius 3 is 2.36 bits per heavy atom. The molecule has 1 saturated heterocycles. The molecule has 122 valence electrons. The number of nitrogens with one attached hydrogen (secondary N) is 1. The lowest BCUT2D eigenvalue weighted by Gasteiger charge is -2.42. The molecule has 1 fully saturated rings. The summed E-state index contributed by atoms with van der Waals surface area (Å²) in [4.78, 5) is 10.2. The summed E-state index contributed by atoms with van der Waals surface area (Å²) in [5.41, 5.74) is -0.326. The third-order valence-corrected chi connectivity index (χ3v) is 5.77. The van der Waals surface area contributed by atoms with Gasteiger partial charge in [0.25, 0.3) is 5.69 Å². The van der Waals surface area contributed by atoms with Crippen molar-refractivity contribution in [2.24, 2.45) is 5.41 Å². The molecule has 1 aliphatic rings. The van der Waals surface area contributed by atoms with Gasteiger partial charge in [-0.25, -0.2) is 8.42 Å². The molecule has 1 N–H and O–H groups in total. The van der Waals surface area contributed by atoms with E-state index in [0.29, 0.717) is 19.6 Å². The van der Waals surface area contributed by atoms with Gasteiger partial charge in [-0.15, -0.1) is 0 Å². The summed E-state index contributed by atoms with van der Waals surface area (Å²) in [6, 6.07) is 4.88. The van der Waals surface area contributed by atoms with E-state index in [9.17, 15) is 18.5 Å². The molecule has 1 aliphatic heterocycles. The number of nitrogens with zero attached hydrogens (tertiary/aromatic N) is 2. The maximum atomic E-state index is 12.9. The zero-order valence-corrected chi connectivity index (χ0v) is 13.8. The molecule has 1 atom stereocenters. The monoisotopic (exact) mass is 327 g/mol. The van der Waals surface area contributed by atoms with E-state index >= 15 is 0 Å². The highest BCUT2D eigenvalue weighted by atomic mass is 32.2. The largest absolute Gasteiger partial charge is 0.314 e. The van der Waals surface area contributed by atoms with Gasteiger partial charge >= 0.3 is 0 Å². The molecule has 2 rings (SSSR count). The number of nitro benzene ring substituents is 1. The Labute approximate surface area is 130 Å². The molecule has 0 aliphatic carbocycles. The van der Waals surface area contributed by atoms with Crippen LogP contribution >= 0.6 is 0 Å². The lowest BCUT2D eigenvalue weighted by atomic mass is 9.86. The van der Waals surface area contributed by atoms with Crippen LogP contribution in [0, 0.1) is 15.5 Å². The van der Waals surface area contributed by atoms with Crippen LogP contribution < -0.4 is 5.32 Å². The van der Waals surface area contributed by atoms with Crippen molar-refractivity contribution in [1.29, 1.82) is 0 Å². The molecule has 1 heterocycles. The Hall–Kier alpha value is -1.51. The second-order valence-electron chi connectivity index (χ2n) is 6.45. The molecule has 22 heavy (non-hydrogen) atoms. The van der Waals surface area contributed by atoms with E-state index in [1.807, 2.05) is 20.8 Å². The Balaban J connectivity index is 2.37. The van der Waals surface area contributed by atoms with Crippen LogP contribution in [0.3, 0.4) is 0 Å². The second-order valence-corrected chi connectivity index (χ2v) is 8.34. The first-order valence-corrected chi connectivity index (χ1v) is 8.55. The van der Waals surface area contributed by atoms with Crippen LogP contribution in [0.15, 0.2) is 29.2 Å².